The van der Waals surface area contributed by atoms with E-state index in [0.717, 1.165) is 13.3 Å². The Morgan fingerprint density at radius 1 is 1.50 bits per heavy atom. The summed E-state index contributed by atoms with van der Waals surface area (Å²) in [5.41, 5.74) is 10.00. The molecular weight excluding hydrogens is 255 g/mol. The molecule has 0 saturated heterocycles. The fourth-order valence-electron chi connectivity index (χ4n) is 1.23. The number of esters is 1. The van der Waals surface area contributed by atoms with Crippen LogP contribution >= 0.6 is 0 Å². The highest BCUT2D eigenvalue weighted by molar-refractivity contribution is 5.93. The summed E-state index contributed by atoms with van der Waals surface area (Å²) in [5.74, 6) is -1.52. The average Bonchev–Trinajstić information content (AvgIpc) is 2.26. The van der Waals surface area contributed by atoms with Crippen molar-refractivity contribution in [2.24, 2.45) is 5.73 Å². The Balaban J connectivity index is 3.25. The predicted molar refractivity (Wildman–Crippen MR) is 54.6 cm³/mol. The Morgan fingerprint density at radius 3 is 2.56 bits per heavy atom. The van der Waals surface area contributed by atoms with Gasteiger partial charge in [-0.15, -0.1) is 13.2 Å². The molecule has 0 unspecified atom stereocenters. The molecule has 0 bridgehead atoms. The predicted octanol–water partition coefficient (Wildman–Crippen LogP) is 0.808. The molecule has 0 saturated carbocycles. The van der Waals surface area contributed by atoms with Crippen molar-refractivity contribution in [1.29, 1.82) is 0 Å². The highest BCUT2D eigenvalue weighted by Gasteiger charge is 2.33. The minimum absolute atomic E-state index is 0.164. The van der Waals surface area contributed by atoms with Crippen LogP contribution in [0.1, 0.15) is 16.1 Å². The minimum atomic E-state index is -4.90. The molecule has 6 nitrogen and oxygen atoms in total. The maximum atomic E-state index is 12.1. The van der Waals surface area contributed by atoms with Crippen LogP contribution in [0.4, 0.5) is 18.9 Å². The molecule has 1 heterocycles. The van der Waals surface area contributed by atoms with Crippen LogP contribution in [-0.2, 0) is 11.3 Å². The molecule has 0 atom stereocenters. The van der Waals surface area contributed by atoms with Gasteiger partial charge in [-0.05, 0) is 0 Å². The van der Waals surface area contributed by atoms with E-state index in [1.54, 1.807) is 0 Å². The first-order chi connectivity index (χ1) is 8.30. The minimum Gasteiger partial charge on any atom is -0.464 e. The van der Waals surface area contributed by atoms with Crippen LogP contribution in [0.25, 0.3) is 0 Å². The maximum absolute atomic E-state index is 12.1. The lowest BCUT2D eigenvalue weighted by atomic mass is 10.1. The molecule has 100 valence electrons. The molecular formula is C9H10F3N3O3. The normalized spacial score (nSPS) is 11.2. The number of nitrogen functional groups attached to an aromatic ring is 1. The zero-order valence-electron chi connectivity index (χ0n) is 9.25. The summed E-state index contributed by atoms with van der Waals surface area (Å²) in [7, 11) is 1.09. The van der Waals surface area contributed by atoms with Crippen LogP contribution in [0, 0.1) is 0 Å². The number of carbonyl (C=O) groups excluding carboxylic acids is 1. The molecule has 0 spiro atoms. The van der Waals surface area contributed by atoms with Crippen molar-refractivity contribution in [1.82, 2.24) is 4.98 Å². The number of hydrogen-bond acceptors (Lipinski definition) is 6. The number of alkyl halides is 3. The zero-order valence-corrected chi connectivity index (χ0v) is 9.25. The number of nitrogens with zero attached hydrogens (tertiary/aromatic N) is 1. The number of anilines is 1. The highest BCUT2D eigenvalue weighted by atomic mass is 19.4. The molecule has 0 aliphatic carbocycles. The van der Waals surface area contributed by atoms with Crippen LogP contribution in [0.5, 0.6) is 5.75 Å². The molecule has 4 N–H and O–H groups in total. The number of nitrogens with two attached hydrogens (primary N) is 2. The lowest BCUT2D eigenvalue weighted by molar-refractivity contribution is -0.275. The molecule has 0 amide bonds. The third-order valence-corrected chi connectivity index (χ3v) is 2.00. The summed E-state index contributed by atoms with van der Waals surface area (Å²) in [6, 6.07) is 0. The van der Waals surface area contributed by atoms with Crippen molar-refractivity contribution in [3.05, 3.63) is 17.5 Å². The van der Waals surface area contributed by atoms with E-state index in [0.29, 0.717) is 0 Å². The number of halogens is 3. The van der Waals surface area contributed by atoms with Crippen LogP contribution < -0.4 is 16.2 Å². The number of ether oxygens (including phenoxy) is 2. The molecule has 18 heavy (non-hydrogen) atoms. The molecule has 0 radical (unpaired) electrons. The van der Waals surface area contributed by atoms with Crippen LogP contribution in [0.2, 0.25) is 0 Å². The van der Waals surface area contributed by atoms with Gasteiger partial charge in [0.1, 0.15) is 0 Å². The first-order valence-corrected chi connectivity index (χ1v) is 4.61. The van der Waals surface area contributed by atoms with Crippen LogP contribution in [-0.4, -0.2) is 24.4 Å². The molecule has 0 aromatic carbocycles. The number of carbonyl (C=O) groups is 1. The van der Waals surface area contributed by atoms with Gasteiger partial charge in [-0.3, -0.25) is 0 Å². The number of pyridine rings is 1. The first kappa shape index (κ1) is 14.0. The van der Waals surface area contributed by atoms with Gasteiger partial charge in [-0.25, -0.2) is 9.78 Å². The van der Waals surface area contributed by atoms with Crippen LogP contribution in [0.15, 0.2) is 6.20 Å². The van der Waals surface area contributed by atoms with Gasteiger partial charge in [0.25, 0.3) is 0 Å². The standard InChI is InChI=1S/C9H10F3N3O3/c1-17-8(16)7-6(14)4(2-13)5(3-15-7)18-9(10,11)12/h3H,2,13-14H2,1H3. The van der Waals surface area contributed by atoms with Gasteiger partial charge in [-0.1, -0.05) is 0 Å². The first-order valence-electron chi connectivity index (χ1n) is 4.61. The van der Waals surface area contributed by atoms with Gasteiger partial charge in [-0.2, -0.15) is 0 Å². The number of rotatable bonds is 3. The van der Waals surface area contributed by atoms with Gasteiger partial charge >= 0.3 is 12.3 Å². The Kier molecular flexibility index (Phi) is 3.96. The summed E-state index contributed by atoms with van der Waals surface area (Å²) < 4.78 is 44.3. The fraction of sp³-hybridized carbons (Fsp3) is 0.333. The summed E-state index contributed by atoms with van der Waals surface area (Å²) in [5, 5.41) is 0. The molecule has 9 heteroatoms. The lowest BCUT2D eigenvalue weighted by Crippen LogP contribution is -2.21. The third-order valence-electron chi connectivity index (χ3n) is 2.00. The van der Waals surface area contributed by atoms with Gasteiger partial charge in [0, 0.05) is 12.1 Å². The van der Waals surface area contributed by atoms with Crippen molar-refractivity contribution >= 4 is 11.7 Å². The number of methoxy groups -OCH3 is 1. The van der Waals surface area contributed by atoms with E-state index in [2.05, 4.69) is 14.5 Å². The van der Waals surface area contributed by atoms with Gasteiger partial charge in [0.15, 0.2) is 11.4 Å². The van der Waals surface area contributed by atoms with E-state index < -0.39 is 18.1 Å². The van der Waals surface area contributed by atoms with Crippen molar-refractivity contribution in [2.45, 2.75) is 12.9 Å². The Morgan fingerprint density at radius 2 is 2.11 bits per heavy atom. The summed E-state index contributed by atoms with van der Waals surface area (Å²) in [6.07, 6.45) is -4.18. The van der Waals surface area contributed by atoms with Gasteiger partial charge in [0.05, 0.1) is 19.0 Å². The Labute approximate surface area is 99.7 Å². The quantitative estimate of drug-likeness (QED) is 0.784. The monoisotopic (exact) mass is 265 g/mol. The summed E-state index contributed by atoms with van der Waals surface area (Å²) in [6.45, 7) is -0.343. The Bertz CT molecular complexity index is 462. The van der Waals surface area contributed by atoms with E-state index in [1.165, 1.54) is 0 Å². The van der Waals surface area contributed by atoms with Crippen LogP contribution in [0.3, 0.4) is 0 Å². The number of aromatic nitrogens is 1. The topological polar surface area (TPSA) is 100 Å². The highest BCUT2D eigenvalue weighted by Crippen LogP contribution is 2.30. The van der Waals surface area contributed by atoms with E-state index in [4.69, 9.17) is 11.5 Å². The van der Waals surface area contributed by atoms with Crippen molar-refractivity contribution in [3.8, 4) is 5.75 Å². The van der Waals surface area contributed by atoms with Gasteiger partial charge in [0.2, 0.25) is 0 Å². The van der Waals surface area contributed by atoms with E-state index in [-0.39, 0.29) is 23.5 Å². The van der Waals surface area contributed by atoms with Crippen molar-refractivity contribution in [2.75, 3.05) is 12.8 Å². The van der Waals surface area contributed by atoms with Crippen molar-refractivity contribution < 1.29 is 27.4 Å². The maximum Gasteiger partial charge on any atom is 0.573 e. The zero-order chi connectivity index (χ0) is 13.9. The molecule has 1 rings (SSSR count). The number of hydrogen-bond donors (Lipinski definition) is 2. The molecule has 0 fully saturated rings. The fourth-order valence-corrected chi connectivity index (χ4v) is 1.23. The summed E-state index contributed by atoms with van der Waals surface area (Å²) >= 11 is 0. The molecule has 1 aromatic heterocycles. The third kappa shape index (κ3) is 3.00. The molecule has 1 aromatic rings. The molecule has 0 aliphatic heterocycles. The molecule has 0 aliphatic rings. The second kappa shape index (κ2) is 5.08. The van der Waals surface area contributed by atoms with E-state index in [1.807, 2.05) is 0 Å². The second-order valence-corrected chi connectivity index (χ2v) is 3.11. The van der Waals surface area contributed by atoms with Gasteiger partial charge < -0.3 is 20.9 Å². The van der Waals surface area contributed by atoms with E-state index >= 15 is 0 Å². The van der Waals surface area contributed by atoms with Crippen molar-refractivity contribution in [3.63, 3.8) is 0 Å². The largest absolute Gasteiger partial charge is 0.573 e. The summed E-state index contributed by atoms with van der Waals surface area (Å²) in [4.78, 5) is 14.7. The lowest BCUT2D eigenvalue weighted by Gasteiger charge is -2.14. The van der Waals surface area contributed by atoms with E-state index in [9.17, 15) is 18.0 Å². The SMILES string of the molecule is COC(=O)c1ncc(OC(F)(F)F)c(CN)c1N. The smallest absolute Gasteiger partial charge is 0.464 e. The average molecular weight is 265 g/mol. The Hall–Kier alpha value is -2.03. The second-order valence-electron chi connectivity index (χ2n) is 3.11.